The molecule has 0 aromatic rings. The van der Waals surface area contributed by atoms with Crippen LogP contribution in [-0.2, 0) is 0 Å². The van der Waals surface area contributed by atoms with Gasteiger partial charge in [-0.25, -0.2) is 0 Å². The van der Waals surface area contributed by atoms with Gasteiger partial charge >= 0.3 is 0 Å². The van der Waals surface area contributed by atoms with Crippen LogP contribution in [0.1, 0.15) is 19.3 Å². The minimum Gasteiger partial charge on any atom is -0.317 e. The molecule has 0 amide bonds. The lowest BCUT2D eigenvalue weighted by Gasteiger charge is -2.14. The molecule has 0 aliphatic carbocycles. The van der Waals surface area contributed by atoms with Gasteiger partial charge < -0.3 is 10.6 Å². The highest BCUT2D eigenvalue weighted by molar-refractivity contribution is 6.29. The molecule has 0 aromatic carbocycles. The van der Waals surface area contributed by atoms with Crippen molar-refractivity contribution < 1.29 is 0 Å². The van der Waals surface area contributed by atoms with Crippen LogP contribution in [0.4, 0.5) is 0 Å². The minimum absolute atomic E-state index is 0.621. The third-order valence-electron chi connectivity index (χ3n) is 2.16. The van der Waals surface area contributed by atoms with Gasteiger partial charge in [-0.1, -0.05) is 18.2 Å². The maximum Gasteiger partial charge on any atom is 0.0310 e. The first-order valence-electron chi connectivity index (χ1n) is 4.56. The van der Waals surface area contributed by atoms with Gasteiger partial charge in [0.25, 0.3) is 0 Å². The summed E-state index contributed by atoms with van der Waals surface area (Å²) >= 11 is 5.67. The Morgan fingerprint density at radius 3 is 3.08 bits per heavy atom. The van der Waals surface area contributed by atoms with Crippen LogP contribution in [0.2, 0.25) is 0 Å². The number of hydrogen-bond donors (Lipinski definition) is 2. The van der Waals surface area contributed by atoms with Gasteiger partial charge in [-0.05, 0) is 32.4 Å². The highest BCUT2D eigenvalue weighted by Crippen LogP contribution is 2.05. The maximum absolute atomic E-state index is 5.67. The molecular weight excluding hydrogens is 172 g/mol. The first-order valence-corrected chi connectivity index (χ1v) is 4.94. The molecular formula is C9H17ClN2. The summed E-state index contributed by atoms with van der Waals surface area (Å²) in [7, 11) is 0. The van der Waals surface area contributed by atoms with Crippen LogP contribution >= 0.6 is 11.6 Å². The predicted octanol–water partition coefficient (Wildman–Crippen LogP) is 1.47. The van der Waals surface area contributed by atoms with Crippen molar-refractivity contribution in [1.29, 1.82) is 0 Å². The van der Waals surface area contributed by atoms with Crippen LogP contribution in [0.3, 0.4) is 0 Å². The molecule has 12 heavy (non-hydrogen) atoms. The molecule has 1 rings (SSSR count). The summed E-state index contributed by atoms with van der Waals surface area (Å²) in [6.45, 7) is 6.66. The van der Waals surface area contributed by atoms with E-state index >= 15 is 0 Å². The second-order valence-electron chi connectivity index (χ2n) is 3.28. The van der Waals surface area contributed by atoms with Crippen molar-refractivity contribution in [3.63, 3.8) is 0 Å². The first kappa shape index (κ1) is 10.0. The Labute approximate surface area is 79.4 Å². The smallest absolute Gasteiger partial charge is 0.0310 e. The van der Waals surface area contributed by atoms with Crippen molar-refractivity contribution >= 4 is 11.6 Å². The molecule has 1 unspecified atom stereocenters. The van der Waals surface area contributed by atoms with Crippen molar-refractivity contribution in [3.05, 3.63) is 11.6 Å². The van der Waals surface area contributed by atoms with E-state index in [1.807, 2.05) is 0 Å². The molecule has 0 spiro atoms. The third kappa shape index (κ3) is 4.10. The van der Waals surface area contributed by atoms with Crippen LogP contribution in [0, 0.1) is 0 Å². The molecule has 0 aromatic heterocycles. The topological polar surface area (TPSA) is 24.1 Å². The Bertz CT molecular complexity index is 139. The largest absolute Gasteiger partial charge is 0.317 e. The molecule has 1 saturated heterocycles. The fraction of sp³-hybridized carbons (Fsp3) is 0.778. The van der Waals surface area contributed by atoms with E-state index in [1.54, 1.807) is 0 Å². The van der Waals surface area contributed by atoms with E-state index in [1.165, 1.54) is 19.3 Å². The quantitative estimate of drug-likeness (QED) is 0.701. The van der Waals surface area contributed by atoms with E-state index in [4.69, 9.17) is 11.6 Å². The van der Waals surface area contributed by atoms with E-state index in [0.717, 1.165) is 19.6 Å². The molecule has 1 fully saturated rings. The van der Waals surface area contributed by atoms with Crippen molar-refractivity contribution in [2.75, 3.05) is 19.6 Å². The molecule has 3 heteroatoms. The fourth-order valence-electron chi connectivity index (χ4n) is 1.48. The zero-order valence-electron chi connectivity index (χ0n) is 7.41. The molecule has 2 nitrogen and oxygen atoms in total. The van der Waals surface area contributed by atoms with E-state index in [9.17, 15) is 0 Å². The summed E-state index contributed by atoms with van der Waals surface area (Å²) in [5, 5.41) is 7.46. The van der Waals surface area contributed by atoms with Crippen LogP contribution in [0.15, 0.2) is 11.6 Å². The van der Waals surface area contributed by atoms with Crippen molar-refractivity contribution in [3.8, 4) is 0 Å². The minimum atomic E-state index is 0.621. The van der Waals surface area contributed by atoms with Gasteiger partial charge in [0.2, 0.25) is 0 Å². The van der Waals surface area contributed by atoms with Gasteiger partial charge in [-0.15, -0.1) is 0 Å². The Morgan fingerprint density at radius 2 is 2.33 bits per heavy atom. The highest BCUT2D eigenvalue weighted by atomic mass is 35.5. The number of rotatable bonds is 3. The average molecular weight is 189 g/mol. The summed E-state index contributed by atoms with van der Waals surface area (Å²) in [6.07, 6.45) is 3.70. The monoisotopic (exact) mass is 188 g/mol. The molecule has 1 atom stereocenters. The Hall–Kier alpha value is -0.0500. The standard InChI is InChI=1S/C9H17ClN2/c1-8(10)7-12-9-3-2-5-11-6-4-9/h9,11-12H,1-7H2. The maximum atomic E-state index is 5.67. The molecule has 0 saturated carbocycles. The number of halogens is 1. The lowest BCUT2D eigenvalue weighted by Crippen LogP contribution is -2.30. The highest BCUT2D eigenvalue weighted by Gasteiger charge is 2.10. The van der Waals surface area contributed by atoms with Gasteiger partial charge in [0, 0.05) is 17.6 Å². The van der Waals surface area contributed by atoms with Crippen molar-refractivity contribution in [2.24, 2.45) is 0 Å². The van der Waals surface area contributed by atoms with Crippen molar-refractivity contribution in [2.45, 2.75) is 25.3 Å². The van der Waals surface area contributed by atoms with Gasteiger partial charge in [0.1, 0.15) is 0 Å². The first-order chi connectivity index (χ1) is 5.79. The van der Waals surface area contributed by atoms with E-state index in [-0.39, 0.29) is 0 Å². The Balaban J connectivity index is 2.16. The number of hydrogen-bond acceptors (Lipinski definition) is 2. The van der Waals surface area contributed by atoms with Crippen molar-refractivity contribution in [1.82, 2.24) is 10.6 Å². The molecule has 2 N–H and O–H groups in total. The van der Waals surface area contributed by atoms with Gasteiger partial charge in [0.05, 0.1) is 0 Å². The molecule has 0 radical (unpaired) electrons. The molecule has 1 aliphatic heterocycles. The Morgan fingerprint density at radius 1 is 1.50 bits per heavy atom. The second-order valence-corrected chi connectivity index (χ2v) is 3.81. The van der Waals surface area contributed by atoms with Crippen LogP contribution in [-0.4, -0.2) is 25.7 Å². The average Bonchev–Trinajstić information content (AvgIpc) is 2.28. The molecule has 70 valence electrons. The third-order valence-corrected chi connectivity index (χ3v) is 2.29. The summed E-state index contributed by atoms with van der Waals surface area (Å²) < 4.78 is 0. The van der Waals surface area contributed by atoms with Crippen LogP contribution < -0.4 is 10.6 Å². The summed E-state index contributed by atoms with van der Waals surface area (Å²) in [4.78, 5) is 0. The van der Waals surface area contributed by atoms with Gasteiger partial charge in [0.15, 0.2) is 0 Å². The molecule has 1 heterocycles. The normalized spacial score (nSPS) is 24.9. The second kappa shape index (κ2) is 5.57. The fourth-order valence-corrected chi connectivity index (χ4v) is 1.56. The van der Waals surface area contributed by atoms with E-state index in [2.05, 4.69) is 17.2 Å². The SMILES string of the molecule is C=C(Cl)CNC1CCCNCC1. The zero-order valence-corrected chi connectivity index (χ0v) is 8.16. The summed E-state index contributed by atoms with van der Waals surface area (Å²) in [6, 6.07) is 0.621. The van der Waals surface area contributed by atoms with E-state index in [0.29, 0.717) is 11.1 Å². The molecule has 1 aliphatic rings. The van der Waals surface area contributed by atoms with E-state index < -0.39 is 0 Å². The van der Waals surface area contributed by atoms with Gasteiger partial charge in [-0.2, -0.15) is 0 Å². The summed E-state index contributed by atoms with van der Waals surface area (Å²) in [5.41, 5.74) is 0. The van der Waals surface area contributed by atoms with Crippen LogP contribution in [0.25, 0.3) is 0 Å². The van der Waals surface area contributed by atoms with Crippen LogP contribution in [0.5, 0.6) is 0 Å². The summed E-state index contributed by atoms with van der Waals surface area (Å²) in [5.74, 6) is 0. The predicted molar refractivity (Wildman–Crippen MR) is 53.5 cm³/mol. The molecule has 0 bridgehead atoms. The lowest BCUT2D eigenvalue weighted by atomic mass is 10.1. The van der Waals surface area contributed by atoms with Gasteiger partial charge in [-0.3, -0.25) is 0 Å². The lowest BCUT2D eigenvalue weighted by molar-refractivity contribution is 0.491. The number of nitrogens with one attached hydrogen (secondary N) is 2. The Kier molecular flexibility index (Phi) is 4.66. The zero-order chi connectivity index (χ0) is 8.81.